The summed E-state index contributed by atoms with van der Waals surface area (Å²) in [5, 5.41) is 9.21. The quantitative estimate of drug-likeness (QED) is 0.595. The molecule has 0 aliphatic carbocycles. The first-order valence-corrected chi connectivity index (χ1v) is 7.54. The number of aliphatic hydroxyl groups excluding tert-OH is 1. The van der Waals surface area contributed by atoms with Gasteiger partial charge in [0.15, 0.2) is 0 Å². The zero-order valence-electron chi connectivity index (χ0n) is 12.9. The predicted octanol–water partition coefficient (Wildman–Crippen LogP) is 3.76. The van der Waals surface area contributed by atoms with E-state index in [1.807, 2.05) is 25.1 Å². The Kier molecular flexibility index (Phi) is 6.10. The minimum atomic E-state index is -0.221. The molecule has 0 bridgehead atoms. The minimum absolute atomic E-state index is 0.221. The van der Waals surface area contributed by atoms with Crippen LogP contribution in [0, 0.1) is 0 Å². The number of aliphatic hydroxyl groups is 1. The van der Waals surface area contributed by atoms with E-state index in [1.54, 1.807) is 12.3 Å². The van der Waals surface area contributed by atoms with Crippen molar-refractivity contribution in [3.8, 4) is 5.88 Å². The number of benzene rings is 1. The van der Waals surface area contributed by atoms with E-state index in [0.717, 1.165) is 35.9 Å². The van der Waals surface area contributed by atoms with Crippen molar-refractivity contribution in [2.45, 2.75) is 32.3 Å². The maximum absolute atomic E-state index is 9.21. The second kappa shape index (κ2) is 8.29. The van der Waals surface area contributed by atoms with Gasteiger partial charge >= 0.3 is 0 Å². The highest BCUT2D eigenvalue weighted by Crippen LogP contribution is 2.16. The molecule has 116 valence electrons. The molecule has 0 saturated carbocycles. The van der Waals surface area contributed by atoms with Crippen molar-refractivity contribution >= 4 is 17.1 Å². The van der Waals surface area contributed by atoms with Gasteiger partial charge in [-0.05, 0) is 43.9 Å². The fourth-order valence-electron chi connectivity index (χ4n) is 2.08. The van der Waals surface area contributed by atoms with Gasteiger partial charge < -0.3 is 9.84 Å². The highest BCUT2D eigenvalue weighted by Gasteiger charge is 2.01. The second-order valence-electron chi connectivity index (χ2n) is 5.24. The summed E-state index contributed by atoms with van der Waals surface area (Å²) in [7, 11) is 0. The lowest BCUT2D eigenvalue weighted by Gasteiger charge is -2.04. The molecular weight excluding hydrogens is 276 g/mol. The smallest absolute Gasteiger partial charge is 0.233 e. The van der Waals surface area contributed by atoms with Crippen molar-refractivity contribution in [3.63, 3.8) is 0 Å². The Balaban J connectivity index is 2.01. The molecule has 0 spiro atoms. The average molecular weight is 298 g/mol. The third-order valence-corrected chi connectivity index (χ3v) is 3.20. The Bertz CT molecular complexity index is 651. The largest absolute Gasteiger partial charge is 0.472 e. The number of nitrogens with zero attached hydrogens (tertiary/aromatic N) is 2. The number of hydrogen-bond acceptors (Lipinski definition) is 4. The highest BCUT2D eigenvalue weighted by atomic mass is 16.5. The maximum atomic E-state index is 9.21. The third kappa shape index (κ3) is 4.97. The van der Waals surface area contributed by atoms with Crippen LogP contribution in [0.15, 0.2) is 43.1 Å². The lowest BCUT2D eigenvalue weighted by molar-refractivity contribution is 0.182. The van der Waals surface area contributed by atoms with Gasteiger partial charge in [-0.1, -0.05) is 30.9 Å². The molecule has 4 nitrogen and oxygen atoms in total. The summed E-state index contributed by atoms with van der Waals surface area (Å²) in [5.41, 5.74) is 2.75. The highest BCUT2D eigenvalue weighted by molar-refractivity contribution is 5.77. The zero-order chi connectivity index (χ0) is 15.8. The van der Waals surface area contributed by atoms with Crippen LogP contribution in [0.25, 0.3) is 17.1 Å². The number of aromatic nitrogens is 2. The van der Waals surface area contributed by atoms with E-state index in [1.165, 1.54) is 0 Å². The SMILES string of the molecule is C=CCOc1cnc2cc(C=CCCCC(C)O)ccc2n1. The number of hydrogen-bond donors (Lipinski definition) is 1. The molecule has 2 rings (SSSR count). The molecular formula is C18H22N2O2. The van der Waals surface area contributed by atoms with Crippen LogP contribution >= 0.6 is 0 Å². The van der Waals surface area contributed by atoms with Gasteiger partial charge in [-0.15, -0.1) is 0 Å². The first-order valence-electron chi connectivity index (χ1n) is 7.54. The summed E-state index contributed by atoms with van der Waals surface area (Å²) >= 11 is 0. The fraction of sp³-hybridized carbons (Fsp3) is 0.333. The number of unbranched alkanes of at least 4 members (excludes halogenated alkanes) is 1. The van der Waals surface area contributed by atoms with Crippen molar-refractivity contribution in [3.05, 3.63) is 48.7 Å². The minimum Gasteiger partial charge on any atom is -0.472 e. The summed E-state index contributed by atoms with van der Waals surface area (Å²) < 4.78 is 5.38. The Morgan fingerprint density at radius 1 is 1.36 bits per heavy atom. The summed E-state index contributed by atoms with van der Waals surface area (Å²) in [6.45, 7) is 5.85. The van der Waals surface area contributed by atoms with Crippen LogP contribution in [0.1, 0.15) is 31.7 Å². The van der Waals surface area contributed by atoms with Crippen molar-refractivity contribution in [2.75, 3.05) is 6.61 Å². The Hall–Kier alpha value is -2.20. The topological polar surface area (TPSA) is 55.2 Å². The Labute approximate surface area is 131 Å². The molecule has 2 aromatic rings. The van der Waals surface area contributed by atoms with Gasteiger partial charge in [0.2, 0.25) is 5.88 Å². The molecule has 4 heteroatoms. The van der Waals surface area contributed by atoms with Gasteiger partial charge in [-0.3, -0.25) is 0 Å². The third-order valence-electron chi connectivity index (χ3n) is 3.20. The lowest BCUT2D eigenvalue weighted by Crippen LogP contribution is -1.97. The molecule has 22 heavy (non-hydrogen) atoms. The van der Waals surface area contributed by atoms with Crippen molar-refractivity contribution < 1.29 is 9.84 Å². The molecule has 0 aliphatic heterocycles. The van der Waals surface area contributed by atoms with Gasteiger partial charge in [0.05, 0.1) is 23.3 Å². The molecule has 1 heterocycles. The molecule has 1 N–H and O–H groups in total. The van der Waals surface area contributed by atoms with E-state index in [-0.39, 0.29) is 6.10 Å². The standard InChI is InChI=1S/C18H22N2O2/c1-3-11-22-18-13-19-17-12-15(9-10-16(17)20-18)8-6-4-5-7-14(2)21/h3,6,8-10,12-14,21H,1,4-5,7,11H2,2H3. The van der Waals surface area contributed by atoms with E-state index < -0.39 is 0 Å². The second-order valence-corrected chi connectivity index (χ2v) is 5.24. The van der Waals surface area contributed by atoms with E-state index in [2.05, 4.69) is 28.7 Å². The predicted molar refractivity (Wildman–Crippen MR) is 89.8 cm³/mol. The normalized spacial score (nSPS) is 12.6. The van der Waals surface area contributed by atoms with Crippen molar-refractivity contribution in [1.29, 1.82) is 0 Å². The zero-order valence-corrected chi connectivity index (χ0v) is 12.9. The lowest BCUT2D eigenvalue weighted by atomic mass is 10.1. The number of allylic oxidation sites excluding steroid dienone is 1. The van der Waals surface area contributed by atoms with Crippen LogP contribution in [0.2, 0.25) is 0 Å². The van der Waals surface area contributed by atoms with Crippen molar-refractivity contribution in [2.24, 2.45) is 0 Å². The van der Waals surface area contributed by atoms with Crippen LogP contribution in [-0.4, -0.2) is 27.8 Å². The Morgan fingerprint density at radius 2 is 2.23 bits per heavy atom. The molecule has 0 radical (unpaired) electrons. The molecule has 1 atom stereocenters. The van der Waals surface area contributed by atoms with E-state index in [0.29, 0.717) is 12.5 Å². The average Bonchev–Trinajstić information content (AvgIpc) is 2.52. The van der Waals surface area contributed by atoms with Crippen molar-refractivity contribution in [1.82, 2.24) is 9.97 Å². The van der Waals surface area contributed by atoms with Gasteiger partial charge in [-0.2, -0.15) is 0 Å². The van der Waals surface area contributed by atoms with E-state index in [4.69, 9.17) is 4.74 Å². The van der Waals surface area contributed by atoms with Gasteiger partial charge in [0, 0.05) is 0 Å². The summed E-state index contributed by atoms with van der Waals surface area (Å²) in [5.74, 6) is 0.508. The molecule has 0 aliphatic rings. The molecule has 0 saturated heterocycles. The van der Waals surface area contributed by atoms with Crippen LogP contribution in [-0.2, 0) is 0 Å². The molecule has 1 aromatic carbocycles. The van der Waals surface area contributed by atoms with Crippen LogP contribution < -0.4 is 4.74 Å². The number of rotatable bonds is 8. The van der Waals surface area contributed by atoms with Gasteiger partial charge in [0.25, 0.3) is 0 Å². The summed E-state index contributed by atoms with van der Waals surface area (Å²) in [4.78, 5) is 8.77. The van der Waals surface area contributed by atoms with Gasteiger partial charge in [0.1, 0.15) is 6.61 Å². The first-order chi connectivity index (χ1) is 10.7. The van der Waals surface area contributed by atoms with Crippen LogP contribution in [0.4, 0.5) is 0 Å². The molecule has 0 amide bonds. The maximum Gasteiger partial charge on any atom is 0.233 e. The number of ether oxygens (including phenoxy) is 1. The monoisotopic (exact) mass is 298 g/mol. The summed E-state index contributed by atoms with van der Waals surface area (Å²) in [6, 6.07) is 5.96. The van der Waals surface area contributed by atoms with Crippen LogP contribution in [0.5, 0.6) is 5.88 Å². The van der Waals surface area contributed by atoms with E-state index in [9.17, 15) is 5.11 Å². The number of fused-ring (bicyclic) bond motifs is 1. The van der Waals surface area contributed by atoms with Gasteiger partial charge in [-0.25, -0.2) is 9.97 Å². The molecule has 0 fully saturated rings. The molecule has 1 unspecified atom stereocenters. The van der Waals surface area contributed by atoms with Crippen LogP contribution in [0.3, 0.4) is 0 Å². The molecule has 1 aromatic heterocycles. The summed E-state index contributed by atoms with van der Waals surface area (Å²) in [6.07, 6.45) is 10.1. The van der Waals surface area contributed by atoms with E-state index >= 15 is 0 Å². The first kappa shape index (κ1) is 16.2. The Morgan fingerprint density at radius 3 is 3.00 bits per heavy atom. The fourth-order valence-corrected chi connectivity index (χ4v) is 2.08.